The first-order valence-corrected chi connectivity index (χ1v) is 5.43. The highest BCUT2D eigenvalue weighted by molar-refractivity contribution is 6.30. The van der Waals surface area contributed by atoms with Crippen LogP contribution < -0.4 is 0 Å². The van der Waals surface area contributed by atoms with Gasteiger partial charge in [0.1, 0.15) is 0 Å². The number of rotatable bonds is 1. The molecule has 2 bridgehead atoms. The fourth-order valence-corrected chi connectivity index (χ4v) is 3.37. The molecule has 0 unspecified atom stereocenters. The van der Waals surface area contributed by atoms with Crippen molar-refractivity contribution in [3.05, 3.63) is 34.6 Å². The second kappa shape index (κ2) is 2.10. The Kier molecular flexibility index (Phi) is 1.11. The lowest BCUT2D eigenvalue weighted by Gasteiger charge is -1.99. The summed E-state index contributed by atoms with van der Waals surface area (Å²) >= 11 is 5.93. The Labute approximate surface area is 92.2 Å². The maximum Gasteiger partial charge on any atom is 0.0899 e. The number of halogens is 1. The van der Waals surface area contributed by atoms with E-state index in [0.717, 1.165) is 17.1 Å². The zero-order valence-electron chi connectivity index (χ0n) is 7.87. The van der Waals surface area contributed by atoms with Crippen molar-refractivity contribution in [1.82, 2.24) is 4.98 Å². The first-order valence-electron chi connectivity index (χ1n) is 5.05. The van der Waals surface area contributed by atoms with Gasteiger partial charge < -0.3 is 0 Å². The van der Waals surface area contributed by atoms with Gasteiger partial charge in [-0.15, -0.1) is 0 Å². The zero-order chi connectivity index (χ0) is 10.2. The van der Waals surface area contributed by atoms with Gasteiger partial charge in [0.05, 0.1) is 17.2 Å². The molecule has 2 nitrogen and oxygen atoms in total. The van der Waals surface area contributed by atoms with E-state index in [1.165, 1.54) is 11.1 Å². The number of fused-ring (bicyclic) bond motifs is 1. The predicted molar refractivity (Wildman–Crippen MR) is 55.8 cm³/mol. The Morgan fingerprint density at radius 2 is 2.47 bits per heavy atom. The smallest absolute Gasteiger partial charge is 0.0899 e. The van der Waals surface area contributed by atoms with Crippen LogP contribution in [0.3, 0.4) is 0 Å². The first kappa shape index (κ1) is 7.90. The van der Waals surface area contributed by atoms with Crippen molar-refractivity contribution in [2.24, 2.45) is 17.3 Å². The van der Waals surface area contributed by atoms with Crippen molar-refractivity contribution in [3.8, 4) is 6.07 Å². The van der Waals surface area contributed by atoms with Crippen molar-refractivity contribution >= 4 is 17.2 Å². The minimum atomic E-state index is -0.0423. The SMILES string of the molecule is N#C[C@]12C3=C(c4cc(Cl)ccn4)C[C@@H]1[C@H]32. The van der Waals surface area contributed by atoms with Crippen LogP contribution in [0.15, 0.2) is 23.9 Å². The van der Waals surface area contributed by atoms with Crippen LogP contribution in [-0.4, -0.2) is 4.98 Å². The van der Waals surface area contributed by atoms with Crippen LogP contribution >= 0.6 is 11.6 Å². The number of allylic oxidation sites excluding steroid dienone is 2. The van der Waals surface area contributed by atoms with E-state index in [0.29, 0.717) is 11.8 Å². The van der Waals surface area contributed by atoms with E-state index in [1.54, 1.807) is 12.3 Å². The molecule has 0 aromatic carbocycles. The molecule has 1 heterocycles. The Balaban J connectivity index is 1.84. The summed E-state index contributed by atoms with van der Waals surface area (Å²) < 4.78 is 0. The van der Waals surface area contributed by atoms with Crippen LogP contribution in [-0.2, 0) is 0 Å². The molecule has 0 saturated heterocycles. The van der Waals surface area contributed by atoms with E-state index in [-0.39, 0.29) is 5.41 Å². The van der Waals surface area contributed by atoms with Gasteiger partial charge in [0.2, 0.25) is 0 Å². The van der Waals surface area contributed by atoms with Crippen LogP contribution in [0.25, 0.3) is 5.57 Å². The lowest BCUT2D eigenvalue weighted by molar-refractivity contribution is 0.714. The van der Waals surface area contributed by atoms with Crippen LogP contribution in [0, 0.1) is 28.6 Å². The van der Waals surface area contributed by atoms with Gasteiger partial charge in [0.25, 0.3) is 0 Å². The van der Waals surface area contributed by atoms with Gasteiger partial charge in [-0.1, -0.05) is 11.6 Å². The standard InChI is InChI=1S/C12H7ClN2/c13-6-1-2-15-9(3-6)7-4-8-11-10(7)12(8,11)5-14/h1-3,8,11H,4H2/t8-,11-,12-/m1/s1. The predicted octanol–water partition coefficient (Wildman–Crippen LogP) is 2.66. The molecule has 15 heavy (non-hydrogen) atoms. The molecule has 1 aromatic heterocycles. The second-order valence-corrected chi connectivity index (χ2v) is 4.96. The van der Waals surface area contributed by atoms with Crippen molar-refractivity contribution in [3.63, 3.8) is 0 Å². The highest BCUT2D eigenvalue weighted by Crippen LogP contribution is 2.91. The minimum Gasteiger partial charge on any atom is -0.256 e. The summed E-state index contributed by atoms with van der Waals surface area (Å²) in [7, 11) is 0. The molecule has 4 aliphatic carbocycles. The molecule has 0 amide bonds. The average Bonchev–Trinajstić information content (AvgIpc) is 2.96. The quantitative estimate of drug-likeness (QED) is 0.721. The molecule has 0 aliphatic heterocycles. The van der Waals surface area contributed by atoms with Gasteiger partial charge in [-0.05, 0) is 35.6 Å². The van der Waals surface area contributed by atoms with Gasteiger partial charge in [-0.25, -0.2) is 0 Å². The maximum absolute atomic E-state index is 9.08. The van der Waals surface area contributed by atoms with E-state index < -0.39 is 0 Å². The van der Waals surface area contributed by atoms with Crippen molar-refractivity contribution in [2.45, 2.75) is 6.42 Å². The summed E-state index contributed by atoms with van der Waals surface area (Å²) in [4.78, 5) is 4.33. The number of hydrogen-bond acceptors (Lipinski definition) is 2. The van der Waals surface area contributed by atoms with E-state index in [4.69, 9.17) is 16.9 Å². The molecule has 0 spiro atoms. The molecule has 2 saturated carbocycles. The molecule has 2 fully saturated rings. The van der Waals surface area contributed by atoms with Crippen molar-refractivity contribution in [1.29, 1.82) is 5.26 Å². The topological polar surface area (TPSA) is 36.7 Å². The van der Waals surface area contributed by atoms with Gasteiger partial charge in [-0.2, -0.15) is 5.26 Å². The van der Waals surface area contributed by atoms with Crippen molar-refractivity contribution in [2.75, 3.05) is 0 Å². The molecule has 5 rings (SSSR count). The molecular weight excluding hydrogens is 208 g/mol. The molecule has 3 atom stereocenters. The first-order chi connectivity index (χ1) is 7.29. The number of nitrogens with zero attached hydrogens (tertiary/aromatic N) is 2. The van der Waals surface area contributed by atoms with E-state index in [9.17, 15) is 0 Å². The van der Waals surface area contributed by atoms with E-state index in [2.05, 4.69) is 11.1 Å². The van der Waals surface area contributed by atoms with Gasteiger partial charge >= 0.3 is 0 Å². The molecule has 0 radical (unpaired) electrons. The summed E-state index contributed by atoms with van der Waals surface area (Å²) in [5.74, 6) is 1.19. The molecule has 1 aromatic rings. The minimum absolute atomic E-state index is 0.0423. The van der Waals surface area contributed by atoms with Gasteiger partial charge in [-0.3, -0.25) is 4.98 Å². The van der Waals surface area contributed by atoms with E-state index in [1.807, 2.05) is 6.07 Å². The number of pyridine rings is 1. The van der Waals surface area contributed by atoms with Crippen LogP contribution in [0.4, 0.5) is 0 Å². The fraction of sp³-hybridized carbons (Fsp3) is 0.333. The number of nitriles is 1. The highest BCUT2D eigenvalue weighted by atomic mass is 35.5. The average molecular weight is 215 g/mol. The zero-order valence-corrected chi connectivity index (χ0v) is 8.62. The van der Waals surface area contributed by atoms with Gasteiger partial charge in [0.15, 0.2) is 0 Å². The molecule has 4 aliphatic rings. The third-order valence-electron chi connectivity index (χ3n) is 4.01. The monoisotopic (exact) mass is 214 g/mol. The Morgan fingerprint density at radius 1 is 1.60 bits per heavy atom. The number of aromatic nitrogens is 1. The summed E-state index contributed by atoms with van der Waals surface area (Å²) in [6.07, 6.45) is 2.76. The maximum atomic E-state index is 9.08. The molecule has 3 heteroatoms. The van der Waals surface area contributed by atoms with Crippen molar-refractivity contribution < 1.29 is 0 Å². The Morgan fingerprint density at radius 3 is 3.07 bits per heavy atom. The highest BCUT2D eigenvalue weighted by Gasteiger charge is 2.88. The lowest BCUT2D eigenvalue weighted by Crippen LogP contribution is -1.88. The van der Waals surface area contributed by atoms with E-state index >= 15 is 0 Å². The molecule has 72 valence electrons. The second-order valence-electron chi connectivity index (χ2n) is 4.52. The summed E-state index contributed by atoms with van der Waals surface area (Å²) in [5.41, 5.74) is 3.57. The largest absolute Gasteiger partial charge is 0.256 e. The van der Waals surface area contributed by atoms with Crippen LogP contribution in [0.2, 0.25) is 5.02 Å². The third kappa shape index (κ3) is 0.692. The fourth-order valence-electron chi connectivity index (χ4n) is 3.21. The Bertz CT molecular complexity index is 569. The van der Waals surface area contributed by atoms with Crippen LogP contribution in [0.5, 0.6) is 0 Å². The number of hydrogen-bond donors (Lipinski definition) is 0. The Hall–Kier alpha value is -1.33. The summed E-state index contributed by atoms with van der Waals surface area (Å²) in [6, 6.07) is 6.13. The third-order valence-corrected chi connectivity index (χ3v) is 4.24. The van der Waals surface area contributed by atoms with Gasteiger partial charge in [0, 0.05) is 17.1 Å². The normalized spacial score (nSPS) is 38.7. The summed E-state index contributed by atoms with van der Waals surface area (Å²) in [5, 5.41) is 9.80. The molecule has 0 N–H and O–H groups in total. The lowest BCUT2D eigenvalue weighted by atomic mass is 10.1. The van der Waals surface area contributed by atoms with Crippen LogP contribution in [0.1, 0.15) is 12.1 Å². The molecular formula is C12H7ClN2. The summed E-state index contributed by atoms with van der Waals surface area (Å²) in [6.45, 7) is 0.